The van der Waals surface area contributed by atoms with E-state index in [0.717, 1.165) is 54.0 Å². The van der Waals surface area contributed by atoms with E-state index in [0.29, 0.717) is 35.5 Å². The number of primary amides is 1. The molecule has 1 aromatic rings. The number of nitrogens with two attached hydrogens (primary N) is 2. The Bertz CT molecular complexity index is 5000. The van der Waals surface area contributed by atoms with Crippen LogP contribution in [0.4, 0.5) is 0 Å². The highest BCUT2D eigenvalue weighted by molar-refractivity contribution is 8.02. The van der Waals surface area contributed by atoms with Crippen LogP contribution in [0.1, 0.15) is 107 Å². The molecule has 22 atom stereocenters. The number of carbonyl (C=O) groups is 24. The molecule has 51 nitrogen and oxygen atoms in total. The van der Waals surface area contributed by atoms with E-state index in [1.807, 2.05) is 0 Å². The molecule has 0 saturated carbocycles. The minimum atomic E-state index is -2.19. The molecule has 6 aliphatic heterocycles. The summed E-state index contributed by atoms with van der Waals surface area (Å²) in [6.45, 7) is 14.8. The summed E-state index contributed by atoms with van der Waals surface area (Å²) in [5.41, 5.74) is 11.4. The number of benzene rings is 1. The second-order valence-corrected chi connectivity index (χ2v) is 40.9. The van der Waals surface area contributed by atoms with Gasteiger partial charge in [-0.3, -0.25) is 115 Å². The molecule has 0 aliphatic carbocycles. The van der Waals surface area contributed by atoms with Crippen LogP contribution in [-0.4, -0.2) is 356 Å². The number of thioether (sulfide) groups is 5. The third-order valence-corrected chi connectivity index (χ3v) is 29.0. The molecule has 5 fully saturated rings. The van der Waals surface area contributed by atoms with Crippen LogP contribution >= 0.6 is 58.8 Å². The molecule has 56 heteroatoms. The summed E-state index contributed by atoms with van der Waals surface area (Å²) >= 11 is 3.70. The van der Waals surface area contributed by atoms with Gasteiger partial charge in [-0.15, -0.1) is 11.8 Å². The Kier molecular flexibility index (Phi) is 47.4. The molecule has 0 aromatic heterocycles. The molecular weight excluding hydrogens is 1980 g/mol. The average molecular weight is 2110 g/mol. The van der Waals surface area contributed by atoms with Crippen LogP contribution in [0.5, 0.6) is 0 Å². The number of hydrogen-bond acceptors (Lipinski definition) is 32. The fourth-order valence-electron chi connectivity index (χ4n) is 14.6. The van der Waals surface area contributed by atoms with Gasteiger partial charge in [0, 0.05) is 76.9 Å². The van der Waals surface area contributed by atoms with Gasteiger partial charge in [0.1, 0.15) is 102 Å². The summed E-state index contributed by atoms with van der Waals surface area (Å²) in [4.78, 5) is 345. The van der Waals surface area contributed by atoms with Gasteiger partial charge in [-0.25, -0.2) is 0 Å². The van der Waals surface area contributed by atoms with Crippen molar-refractivity contribution >= 4 is 201 Å². The van der Waals surface area contributed by atoms with Gasteiger partial charge in [0.25, 0.3) is 11.8 Å². The summed E-state index contributed by atoms with van der Waals surface area (Å²) < 4.78 is 0. The average Bonchev–Trinajstić information content (AvgIpc) is 1.73. The van der Waals surface area contributed by atoms with Crippen molar-refractivity contribution in [2.75, 3.05) is 78.7 Å². The molecule has 6 heterocycles. The molecule has 1 aromatic carbocycles. The van der Waals surface area contributed by atoms with Gasteiger partial charge in [-0.2, -0.15) is 47.0 Å². The molecule has 22 unspecified atom stereocenters. The molecule has 6 aliphatic rings. The Morgan fingerprint density at radius 3 is 1.72 bits per heavy atom. The molecule has 4 bridgehead atoms. The number of carbonyl (C=O) groups excluding carboxylic acids is 24. The number of amides is 24. The van der Waals surface area contributed by atoms with E-state index in [2.05, 4.69) is 124 Å². The molecule has 24 amide bonds. The van der Waals surface area contributed by atoms with Crippen LogP contribution in [0.25, 0.3) is 0 Å². The van der Waals surface area contributed by atoms with Crippen molar-refractivity contribution < 1.29 is 125 Å². The topological polar surface area (TPSA) is 770 Å². The summed E-state index contributed by atoms with van der Waals surface area (Å²) in [5, 5.41) is 76.7. The highest BCUT2D eigenvalue weighted by atomic mass is 32.2. The molecule has 0 spiro atoms. The van der Waals surface area contributed by atoms with Crippen molar-refractivity contribution in [1.82, 2.24) is 122 Å². The van der Waals surface area contributed by atoms with Crippen LogP contribution in [0.2, 0.25) is 0 Å². The Hall–Kier alpha value is -12.6. The molecule has 792 valence electrons. The maximum Gasteiger partial charge on any atom is 0.268 e. The van der Waals surface area contributed by atoms with Gasteiger partial charge in [0.15, 0.2) is 0 Å². The number of fused-ring (bicyclic) bond motifs is 13. The number of allylic oxidation sites excluding steroid dienone is 1. The first-order valence-electron chi connectivity index (χ1n) is 46.4. The van der Waals surface area contributed by atoms with Crippen LogP contribution in [0, 0.1) is 17.8 Å². The lowest BCUT2D eigenvalue weighted by atomic mass is 9.97. The van der Waals surface area contributed by atoms with E-state index in [4.69, 9.17) is 11.5 Å². The molecule has 28 N–H and O–H groups in total. The summed E-state index contributed by atoms with van der Waals surface area (Å²) in [6, 6.07) is -20.8. The fraction of sp³-hybridized carbons (Fsp3) is 0.591. The van der Waals surface area contributed by atoms with Crippen molar-refractivity contribution in [3.63, 3.8) is 0 Å². The smallest absolute Gasteiger partial charge is 0.268 e. The first-order chi connectivity index (χ1) is 68.1. The number of aliphatic hydroxyl groups excluding tert-OH is 2. The van der Waals surface area contributed by atoms with Crippen molar-refractivity contribution in [3.8, 4) is 0 Å². The van der Waals surface area contributed by atoms with Crippen molar-refractivity contribution in [3.05, 3.63) is 71.6 Å². The third-order valence-electron chi connectivity index (χ3n) is 23.4. The largest absolute Gasteiger partial charge is 0.391 e. The molecule has 7 rings (SSSR count). The number of nitrogens with one attached hydrogen (secondary N) is 22. The predicted octanol–water partition coefficient (Wildman–Crippen LogP) is -11.0. The lowest BCUT2D eigenvalue weighted by molar-refractivity contribution is -0.142. The van der Waals surface area contributed by atoms with Crippen LogP contribution in [0.3, 0.4) is 0 Å². The number of aliphatic hydroxyl groups is 2. The standard InChI is InChI=1S/C88H129N25O26S5/c1-12-40(6)66(90)85(136)100-48(14-3)73(124)105-57-36-143-37-58(107-74(125)49(22-39(4)5)101-71(122)43(9)97-86(137)67(41(7)13-2)110-81(57)132)82(133)112-69-45(11)144-38-59(99-65(120)29-95-84(135)60-24-47(115)30-113(60)88(69)139)83(134)111-68(44(10)114)87(138)109-55-34-142-35-56-80(131)108-54-31-140-21-20-91-72(123)52(104-75(126)50(102-79(54)130)23-46-18-16-15-17-19-46)32-141-33-53(78(129)103-51(25-61(89)116)76(127)106-56)98-64(119)28-93-62(117)26-92-63(118)27-94-70(121)42(8)96-77(55)128/h14-21,39-42,44-45,47,49-60,66-69,114-115H,9,12-13,22-38,90H2,1-8,10-11H3,(H2,89,116)(H,91,123)(H,92,118)(H,93,117)(H,94,121)(H,95,135)(H,96,128)(H,97,137)(H,98,119)(H,99,120)(H,100,136)(H,101,122)(H,102,130)(H,103,129)(H,104,126)(H,105,124)(H,106,127)(H,107,125)(H,108,131)(H,109,138)(H,110,132)(H,111,134)(H,112,133)/b21-20-,48-14-. The highest BCUT2D eigenvalue weighted by Gasteiger charge is 2.47. The third kappa shape index (κ3) is 36.9. The molecule has 5 saturated heterocycles. The van der Waals surface area contributed by atoms with Gasteiger partial charge < -0.3 is 144 Å². The minimum absolute atomic E-state index is 0.114. The maximum atomic E-state index is 15.5. The minimum Gasteiger partial charge on any atom is -0.391 e. The van der Waals surface area contributed by atoms with Gasteiger partial charge in [0.2, 0.25) is 130 Å². The zero-order valence-electron chi connectivity index (χ0n) is 80.9. The van der Waals surface area contributed by atoms with Gasteiger partial charge >= 0.3 is 0 Å². The van der Waals surface area contributed by atoms with Crippen LogP contribution in [0.15, 0.2) is 66.0 Å². The van der Waals surface area contributed by atoms with E-state index >= 15 is 24.0 Å². The fourth-order valence-corrected chi connectivity index (χ4v) is 19.7. The van der Waals surface area contributed by atoms with E-state index in [-0.39, 0.29) is 48.3 Å². The second-order valence-electron chi connectivity index (χ2n) is 35.3. The molecular formula is C88H129N25O26S5. The van der Waals surface area contributed by atoms with Gasteiger partial charge in [-0.1, -0.05) is 104 Å². The van der Waals surface area contributed by atoms with Crippen LogP contribution < -0.4 is 128 Å². The van der Waals surface area contributed by atoms with Crippen LogP contribution in [-0.2, 0) is 121 Å². The zero-order chi connectivity index (χ0) is 107. The Balaban J connectivity index is 1.26. The Labute approximate surface area is 850 Å². The summed E-state index contributed by atoms with van der Waals surface area (Å²) in [7, 11) is 0. The van der Waals surface area contributed by atoms with Gasteiger partial charge in [-0.05, 0) is 55.9 Å². The Morgan fingerprint density at radius 2 is 1.09 bits per heavy atom. The second kappa shape index (κ2) is 57.7. The van der Waals surface area contributed by atoms with E-state index in [9.17, 15) is 101 Å². The Morgan fingerprint density at radius 1 is 0.549 bits per heavy atom. The SMILES string of the molecule is C=C1NC(=O)C(C(C)CC)NC(=O)C(NC(=O)/C(=C/C)NC(=O)C(N)C(C)CC)CSCC(C(=O)NC2C(=O)N3CC(O)CC3C(=O)NCC(=O)NC(C(=O)NC(C(=O)NC3CSCC4NC(=O)C(CC(N)=O)NC(=O)C(CSCC5NC(=O)C(Cc6ccccc6)NC(=O)C(CS/C=C\NC5=O)NC4=O)NC(=O)CNC(=O)CNC(=O)CNC(=O)C(C)NC3=O)C(C)O)CSC2C)NC(=O)C(CC(C)C)NC1=O. The lowest BCUT2D eigenvalue weighted by Gasteiger charge is -2.33. The normalized spacial score (nSPS) is 28.2. The van der Waals surface area contributed by atoms with E-state index in [1.54, 1.807) is 71.9 Å². The van der Waals surface area contributed by atoms with Gasteiger partial charge in [0.05, 0.1) is 56.5 Å². The summed E-state index contributed by atoms with van der Waals surface area (Å²) in [6.07, 6.45) is -1.99. The molecule has 144 heavy (non-hydrogen) atoms. The van der Waals surface area contributed by atoms with E-state index in [1.165, 1.54) is 31.5 Å². The van der Waals surface area contributed by atoms with E-state index < -0.39 is 354 Å². The number of hydrogen-bond donors (Lipinski definition) is 26. The number of nitrogens with zero attached hydrogens (tertiary/aromatic N) is 1. The summed E-state index contributed by atoms with van der Waals surface area (Å²) in [5.74, 6) is -31.7. The van der Waals surface area contributed by atoms with Crippen molar-refractivity contribution in [2.45, 2.75) is 228 Å². The first-order valence-corrected chi connectivity index (χ1v) is 51.9. The highest BCUT2D eigenvalue weighted by Crippen LogP contribution is 2.27. The van der Waals surface area contributed by atoms with Crippen molar-refractivity contribution in [1.29, 1.82) is 0 Å². The zero-order valence-corrected chi connectivity index (χ0v) is 85.0. The number of rotatable bonds is 21. The first kappa shape index (κ1) is 118. The quantitative estimate of drug-likeness (QED) is 0.0508. The lowest BCUT2D eigenvalue weighted by Crippen LogP contribution is -2.62. The van der Waals surface area contributed by atoms with Crippen molar-refractivity contribution in [2.24, 2.45) is 29.2 Å². The predicted molar refractivity (Wildman–Crippen MR) is 528 cm³/mol. The maximum absolute atomic E-state index is 15.5. The monoisotopic (exact) mass is 2110 g/mol. The molecule has 0 radical (unpaired) electrons.